The molecule has 0 atom stereocenters. The fourth-order valence-electron chi connectivity index (χ4n) is 2.84. The van der Waals surface area contributed by atoms with E-state index in [4.69, 9.17) is 16.3 Å². The van der Waals surface area contributed by atoms with Crippen molar-refractivity contribution in [1.82, 2.24) is 19.2 Å². The lowest BCUT2D eigenvalue weighted by Crippen LogP contribution is -2.28. The maximum absolute atomic E-state index is 13.0. The monoisotopic (exact) mass is 442 g/mol. The van der Waals surface area contributed by atoms with Gasteiger partial charge >= 0.3 is 5.69 Å². The van der Waals surface area contributed by atoms with Crippen molar-refractivity contribution in [3.8, 4) is 5.75 Å². The molecule has 0 saturated carbocycles. The molecule has 4 aromatic rings. The number of nitrogens with zero attached hydrogens (tertiary/aromatic N) is 4. The van der Waals surface area contributed by atoms with E-state index in [1.54, 1.807) is 36.4 Å². The second-order valence-electron chi connectivity index (χ2n) is 6.45. The molecule has 1 amide bonds. The van der Waals surface area contributed by atoms with Crippen LogP contribution in [0.3, 0.4) is 0 Å². The zero-order chi connectivity index (χ0) is 22.0. The number of fused-ring (bicyclic) bond motifs is 1. The standard InChI is InChI=1S/C20H16ClFN6O3/c1-31-16-7-6-14(10-15(16)21)24-18(29)11-28-20(30)27-9-8-17(25-19(27)26-28)23-13-4-2-12(22)3-5-13/h2-10H,11H2,1H3,(H,24,29)(H,23,25,26). The number of anilines is 3. The van der Waals surface area contributed by atoms with Gasteiger partial charge in [-0.3, -0.25) is 4.79 Å². The number of methoxy groups -OCH3 is 1. The van der Waals surface area contributed by atoms with Gasteiger partial charge in [-0.25, -0.2) is 18.3 Å². The lowest BCUT2D eigenvalue weighted by Gasteiger charge is -2.07. The minimum Gasteiger partial charge on any atom is -0.495 e. The first-order chi connectivity index (χ1) is 14.9. The Labute approximate surface area is 180 Å². The number of amides is 1. The molecule has 0 spiro atoms. The molecule has 0 unspecified atom stereocenters. The molecule has 4 rings (SSSR count). The summed E-state index contributed by atoms with van der Waals surface area (Å²) >= 11 is 6.05. The molecular formula is C20H16ClFN6O3. The van der Waals surface area contributed by atoms with Crippen LogP contribution in [-0.2, 0) is 11.3 Å². The molecular weight excluding hydrogens is 427 g/mol. The maximum atomic E-state index is 13.0. The highest BCUT2D eigenvalue weighted by molar-refractivity contribution is 6.32. The van der Waals surface area contributed by atoms with Crippen molar-refractivity contribution in [3.63, 3.8) is 0 Å². The van der Waals surface area contributed by atoms with E-state index in [2.05, 4.69) is 20.7 Å². The molecule has 31 heavy (non-hydrogen) atoms. The predicted octanol–water partition coefficient (Wildman–Crippen LogP) is 3.07. The zero-order valence-corrected chi connectivity index (χ0v) is 16.9. The van der Waals surface area contributed by atoms with Crippen molar-refractivity contribution in [2.24, 2.45) is 0 Å². The van der Waals surface area contributed by atoms with Crippen LogP contribution in [0.1, 0.15) is 0 Å². The van der Waals surface area contributed by atoms with Gasteiger partial charge in [-0.15, -0.1) is 5.10 Å². The summed E-state index contributed by atoms with van der Waals surface area (Å²) in [5.74, 6) is 0.184. The second kappa shape index (κ2) is 8.44. The summed E-state index contributed by atoms with van der Waals surface area (Å²) in [4.78, 5) is 29.1. The Kier molecular flexibility index (Phi) is 5.54. The van der Waals surface area contributed by atoms with Crippen LogP contribution in [0.4, 0.5) is 21.6 Å². The topological polar surface area (TPSA) is 103 Å². The number of nitrogens with one attached hydrogen (secondary N) is 2. The Hall–Kier alpha value is -3.92. The minimum atomic E-state index is -0.515. The molecule has 2 heterocycles. The van der Waals surface area contributed by atoms with E-state index in [1.165, 1.54) is 29.8 Å². The van der Waals surface area contributed by atoms with E-state index in [9.17, 15) is 14.0 Å². The Bertz CT molecular complexity index is 1320. The fraction of sp³-hybridized carbons (Fsp3) is 0.100. The average molecular weight is 443 g/mol. The van der Waals surface area contributed by atoms with Crippen molar-refractivity contribution in [3.05, 3.63) is 76.1 Å². The molecule has 2 N–H and O–H groups in total. The third kappa shape index (κ3) is 4.48. The molecule has 2 aromatic heterocycles. The van der Waals surface area contributed by atoms with E-state index < -0.39 is 11.6 Å². The summed E-state index contributed by atoms with van der Waals surface area (Å²) in [5.41, 5.74) is 0.563. The number of rotatable bonds is 6. The fourth-order valence-corrected chi connectivity index (χ4v) is 3.10. The van der Waals surface area contributed by atoms with Gasteiger partial charge in [-0.05, 0) is 48.5 Å². The number of ether oxygens (including phenoxy) is 1. The van der Waals surface area contributed by atoms with Crippen LogP contribution in [-0.4, -0.2) is 32.2 Å². The Balaban J connectivity index is 1.50. The van der Waals surface area contributed by atoms with Crippen LogP contribution in [0.25, 0.3) is 5.78 Å². The van der Waals surface area contributed by atoms with Gasteiger partial charge < -0.3 is 15.4 Å². The smallest absolute Gasteiger partial charge is 0.352 e. The number of halogens is 2. The SMILES string of the molecule is COc1ccc(NC(=O)Cn2nc3nc(Nc4ccc(F)cc4)ccn3c2=O)cc1Cl. The molecule has 0 bridgehead atoms. The van der Waals surface area contributed by atoms with Crippen LogP contribution in [0.5, 0.6) is 5.75 Å². The normalized spacial score (nSPS) is 10.8. The van der Waals surface area contributed by atoms with Gasteiger partial charge in [0.2, 0.25) is 5.91 Å². The Morgan fingerprint density at radius 2 is 1.90 bits per heavy atom. The van der Waals surface area contributed by atoms with Crippen molar-refractivity contribution >= 4 is 40.5 Å². The van der Waals surface area contributed by atoms with Crippen LogP contribution >= 0.6 is 11.6 Å². The van der Waals surface area contributed by atoms with E-state index in [1.807, 2.05) is 0 Å². The number of aromatic nitrogens is 4. The summed E-state index contributed by atoms with van der Waals surface area (Å²) in [6.07, 6.45) is 1.49. The summed E-state index contributed by atoms with van der Waals surface area (Å²) in [7, 11) is 1.49. The summed E-state index contributed by atoms with van der Waals surface area (Å²) in [5, 5.41) is 10.1. The first-order valence-corrected chi connectivity index (χ1v) is 9.43. The molecule has 9 nitrogen and oxygen atoms in total. The van der Waals surface area contributed by atoms with Crippen molar-refractivity contribution in [1.29, 1.82) is 0 Å². The van der Waals surface area contributed by atoms with Gasteiger partial charge in [0, 0.05) is 17.6 Å². The first-order valence-electron chi connectivity index (χ1n) is 9.05. The third-order valence-electron chi connectivity index (χ3n) is 4.30. The van der Waals surface area contributed by atoms with Crippen molar-refractivity contribution in [2.75, 3.05) is 17.7 Å². The largest absolute Gasteiger partial charge is 0.495 e. The van der Waals surface area contributed by atoms with Gasteiger partial charge in [0.1, 0.15) is 23.9 Å². The zero-order valence-electron chi connectivity index (χ0n) is 16.2. The van der Waals surface area contributed by atoms with Crippen LogP contribution in [0.2, 0.25) is 5.02 Å². The van der Waals surface area contributed by atoms with Gasteiger partial charge in [0.05, 0.1) is 12.1 Å². The molecule has 0 aliphatic heterocycles. The van der Waals surface area contributed by atoms with E-state index in [0.717, 1.165) is 4.68 Å². The Morgan fingerprint density at radius 3 is 2.61 bits per heavy atom. The predicted molar refractivity (Wildman–Crippen MR) is 114 cm³/mol. The highest BCUT2D eigenvalue weighted by atomic mass is 35.5. The first kappa shape index (κ1) is 20.4. The molecule has 0 saturated heterocycles. The maximum Gasteiger partial charge on any atom is 0.352 e. The number of carbonyl (C=O) groups is 1. The summed E-state index contributed by atoms with van der Waals surface area (Å²) in [6.45, 7) is -0.313. The van der Waals surface area contributed by atoms with Crippen LogP contribution in [0, 0.1) is 5.82 Å². The van der Waals surface area contributed by atoms with Crippen LogP contribution in [0.15, 0.2) is 59.5 Å². The molecule has 0 aliphatic rings. The van der Waals surface area contributed by atoms with Crippen molar-refractivity contribution in [2.45, 2.75) is 6.54 Å². The molecule has 158 valence electrons. The highest BCUT2D eigenvalue weighted by Crippen LogP contribution is 2.27. The number of hydrogen-bond acceptors (Lipinski definition) is 6. The van der Waals surface area contributed by atoms with Gasteiger partial charge in [-0.1, -0.05) is 11.6 Å². The quantitative estimate of drug-likeness (QED) is 0.475. The van der Waals surface area contributed by atoms with E-state index in [0.29, 0.717) is 28.0 Å². The number of hydrogen-bond donors (Lipinski definition) is 2. The number of benzene rings is 2. The summed E-state index contributed by atoms with van der Waals surface area (Å²) < 4.78 is 20.3. The molecule has 2 aromatic carbocycles. The summed E-state index contributed by atoms with van der Waals surface area (Å²) in [6, 6.07) is 12.1. The number of carbonyl (C=O) groups excluding carboxylic acids is 1. The molecule has 0 fully saturated rings. The van der Waals surface area contributed by atoms with Crippen LogP contribution < -0.4 is 21.1 Å². The Morgan fingerprint density at radius 1 is 1.16 bits per heavy atom. The molecule has 0 radical (unpaired) electrons. The highest BCUT2D eigenvalue weighted by Gasteiger charge is 2.13. The second-order valence-corrected chi connectivity index (χ2v) is 6.86. The van der Waals surface area contributed by atoms with E-state index >= 15 is 0 Å². The van der Waals surface area contributed by atoms with E-state index in [-0.39, 0.29) is 18.1 Å². The molecule has 0 aliphatic carbocycles. The van der Waals surface area contributed by atoms with Gasteiger partial charge in [-0.2, -0.15) is 4.98 Å². The third-order valence-corrected chi connectivity index (χ3v) is 4.60. The lowest BCUT2D eigenvalue weighted by molar-refractivity contribution is -0.117. The minimum absolute atomic E-state index is 0.109. The van der Waals surface area contributed by atoms with Gasteiger partial charge in [0.15, 0.2) is 0 Å². The van der Waals surface area contributed by atoms with Crippen molar-refractivity contribution < 1.29 is 13.9 Å². The lowest BCUT2D eigenvalue weighted by atomic mass is 10.3. The average Bonchev–Trinajstić information content (AvgIpc) is 3.04. The molecule has 11 heteroatoms. The van der Waals surface area contributed by atoms with Gasteiger partial charge in [0.25, 0.3) is 5.78 Å².